The van der Waals surface area contributed by atoms with Crippen LogP contribution in [-0.2, 0) is 0 Å². The average molecular weight is 241 g/mol. The van der Waals surface area contributed by atoms with Crippen LogP contribution in [0.5, 0.6) is 5.75 Å². The first kappa shape index (κ1) is 13.4. The fourth-order valence-electron chi connectivity index (χ4n) is 1.39. The summed E-state index contributed by atoms with van der Waals surface area (Å²) in [5.74, 6) is 0.0650. The number of alkyl halides is 1. The molecule has 1 aromatic rings. The van der Waals surface area contributed by atoms with Gasteiger partial charge in [-0.2, -0.15) is 0 Å². The van der Waals surface area contributed by atoms with Gasteiger partial charge in [0, 0.05) is 12.0 Å². The van der Waals surface area contributed by atoms with Crippen molar-refractivity contribution in [1.29, 1.82) is 0 Å². The van der Waals surface area contributed by atoms with Crippen LogP contribution in [0.4, 0.5) is 10.1 Å². The first-order chi connectivity index (χ1) is 8.08. The second-order valence-corrected chi connectivity index (χ2v) is 3.92. The Morgan fingerprint density at radius 1 is 1.47 bits per heavy atom. The Hall–Kier alpha value is -1.65. The molecule has 0 aliphatic heterocycles. The minimum atomic E-state index is -0.547. The number of rotatable bonds is 6. The third-order valence-electron chi connectivity index (χ3n) is 2.40. The molecule has 0 radical (unpaired) electrons. The summed E-state index contributed by atoms with van der Waals surface area (Å²) >= 11 is 0. The number of ether oxygens (including phenoxy) is 1. The number of hydrogen-bond acceptors (Lipinski definition) is 3. The lowest BCUT2D eigenvalue weighted by molar-refractivity contribution is -0.385. The first-order valence-electron chi connectivity index (χ1n) is 5.56. The summed E-state index contributed by atoms with van der Waals surface area (Å²) in [5, 5.41) is 10.7. The maximum atomic E-state index is 12.6. The smallest absolute Gasteiger partial charge is 0.273 e. The molecule has 1 atom stereocenters. The summed E-state index contributed by atoms with van der Waals surface area (Å²) < 4.78 is 17.9. The third-order valence-corrected chi connectivity index (χ3v) is 2.40. The summed E-state index contributed by atoms with van der Waals surface area (Å²) in [6.45, 7) is 3.57. The Balaban J connectivity index is 3.05. The van der Waals surface area contributed by atoms with Crippen molar-refractivity contribution in [3.63, 3.8) is 0 Å². The van der Waals surface area contributed by atoms with E-state index in [9.17, 15) is 14.5 Å². The van der Waals surface area contributed by atoms with Crippen molar-refractivity contribution in [2.45, 2.75) is 26.2 Å². The van der Waals surface area contributed by atoms with Gasteiger partial charge < -0.3 is 4.74 Å². The summed E-state index contributed by atoms with van der Waals surface area (Å²) in [6.07, 6.45) is 0.816. The van der Waals surface area contributed by atoms with Gasteiger partial charge in [-0.1, -0.05) is 13.8 Å². The Kier molecular flexibility index (Phi) is 4.87. The number of benzene rings is 1. The number of hydrogen-bond donors (Lipinski definition) is 0. The van der Waals surface area contributed by atoms with Crippen molar-refractivity contribution in [3.05, 3.63) is 33.9 Å². The van der Waals surface area contributed by atoms with Gasteiger partial charge in [-0.3, -0.25) is 14.5 Å². The van der Waals surface area contributed by atoms with Crippen molar-refractivity contribution in [3.8, 4) is 5.75 Å². The van der Waals surface area contributed by atoms with Gasteiger partial charge >= 0.3 is 0 Å². The summed E-state index contributed by atoms with van der Waals surface area (Å²) in [6, 6.07) is 4.42. The van der Waals surface area contributed by atoms with Gasteiger partial charge in [0.05, 0.1) is 24.3 Å². The number of nitro benzene ring substituents is 1. The predicted octanol–water partition coefficient (Wildman–Crippen LogP) is 3.46. The van der Waals surface area contributed by atoms with Gasteiger partial charge in [0.2, 0.25) is 0 Å². The zero-order chi connectivity index (χ0) is 12.8. The van der Waals surface area contributed by atoms with Gasteiger partial charge in [-0.05, 0) is 18.1 Å². The molecule has 0 aliphatic carbocycles. The van der Waals surface area contributed by atoms with Gasteiger partial charge in [0.1, 0.15) is 5.75 Å². The molecule has 0 spiro atoms. The highest BCUT2D eigenvalue weighted by Gasteiger charge is 2.14. The number of nitrogens with zero attached hydrogens (tertiary/aromatic N) is 1. The molecule has 17 heavy (non-hydrogen) atoms. The topological polar surface area (TPSA) is 52.4 Å². The van der Waals surface area contributed by atoms with E-state index in [2.05, 4.69) is 0 Å². The SMILES string of the molecule is CCCOc1cc(C(C)CF)cc([N+](=O)[O-])c1. The lowest BCUT2D eigenvalue weighted by Crippen LogP contribution is -2.01. The van der Waals surface area contributed by atoms with Crippen LogP contribution in [0, 0.1) is 10.1 Å². The highest BCUT2D eigenvalue weighted by molar-refractivity contribution is 5.44. The molecule has 0 aliphatic rings. The molecule has 0 N–H and O–H groups in total. The molecule has 4 nitrogen and oxygen atoms in total. The maximum Gasteiger partial charge on any atom is 0.273 e. The first-order valence-corrected chi connectivity index (χ1v) is 5.56. The predicted molar refractivity (Wildman–Crippen MR) is 63.3 cm³/mol. The Morgan fingerprint density at radius 2 is 2.18 bits per heavy atom. The zero-order valence-electron chi connectivity index (χ0n) is 9.98. The van der Waals surface area contributed by atoms with E-state index >= 15 is 0 Å². The number of halogens is 1. The zero-order valence-corrected chi connectivity index (χ0v) is 9.98. The van der Waals surface area contributed by atoms with Gasteiger partial charge in [0.15, 0.2) is 0 Å². The second kappa shape index (κ2) is 6.18. The molecule has 0 bridgehead atoms. The molecule has 1 rings (SSSR count). The van der Waals surface area contributed by atoms with E-state index < -0.39 is 11.6 Å². The van der Waals surface area contributed by atoms with Crippen LogP contribution >= 0.6 is 0 Å². The highest BCUT2D eigenvalue weighted by Crippen LogP contribution is 2.27. The van der Waals surface area contributed by atoms with Crippen LogP contribution in [0.2, 0.25) is 0 Å². The average Bonchev–Trinajstić information content (AvgIpc) is 2.34. The van der Waals surface area contributed by atoms with E-state index in [1.54, 1.807) is 13.0 Å². The molecule has 0 fully saturated rings. The quantitative estimate of drug-likeness (QED) is 0.566. The summed E-state index contributed by atoms with van der Waals surface area (Å²) in [7, 11) is 0. The molecule has 0 saturated heterocycles. The van der Waals surface area contributed by atoms with Crippen molar-refractivity contribution < 1.29 is 14.1 Å². The fraction of sp³-hybridized carbons (Fsp3) is 0.500. The maximum absolute atomic E-state index is 12.6. The van der Waals surface area contributed by atoms with Crippen molar-refractivity contribution in [2.24, 2.45) is 0 Å². The number of nitro groups is 1. The molecule has 5 heteroatoms. The van der Waals surface area contributed by atoms with E-state index in [4.69, 9.17) is 4.74 Å². The van der Waals surface area contributed by atoms with E-state index in [0.717, 1.165) is 6.42 Å². The lowest BCUT2D eigenvalue weighted by Gasteiger charge is -2.10. The minimum Gasteiger partial charge on any atom is -0.493 e. The standard InChI is InChI=1S/C12H16FNO3/c1-3-4-17-12-6-10(9(2)8-13)5-11(7-12)14(15)16/h5-7,9H,3-4,8H2,1-2H3. The fourth-order valence-corrected chi connectivity index (χ4v) is 1.39. The molecule has 1 aromatic carbocycles. The Labute approximate surface area is 99.6 Å². The van der Waals surface area contributed by atoms with Gasteiger partial charge in [-0.15, -0.1) is 0 Å². The molecular weight excluding hydrogens is 225 g/mol. The van der Waals surface area contributed by atoms with E-state index in [0.29, 0.717) is 17.9 Å². The van der Waals surface area contributed by atoms with Crippen LogP contribution < -0.4 is 4.74 Å². The van der Waals surface area contributed by atoms with Crippen molar-refractivity contribution in [2.75, 3.05) is 13.3 Å². The highest BCUT2D eigenvalue weighted by atomic mass is 19.1. The summed E-state index contributed by atoms with van der Waals surface area (Å²) in [5.41, 5.74) is 0.529. The van der Waals surface area contributed by atoms with Crippen LogP contribution in [-0.4, -0.2) is 18.2 Å². The largest absolute Gasteiger partial charge is 0.493 e. The molecule has 94 valence electrons. The monoisotopic (exact) mass is 241 g/mol. The molecule has 0 aromatic heterocycles. The molecular formula is C12H16FNO3. The minimum absolute atomic E-state index is 0.0612. The normalized spacial score (nSPS) is 12.2. The molecule has 0 amide bonds. The van der Waals surface area contributed by atoms with Gasteiger partial charge in [0.25, 0.3) is 5.69 Å². The van der Waals surface area contributed by atoms with Gasteiger partial charge in [-0.25, -0.2) is 0 Å². The number of non-ortho nitro benzene ring substituents is 1. The second-order valence-electron chi connectivity index (χ2n) is 3.92. The molecule has 1 unspecified atom stereocenters. The van der Waals surface area contributed by atoms with Crippen LogP contribution in [0.25, 0.3) is 0 Å². The van der Waals surface area contributed by atoms with Crippen LogP contribution in [0.1, 0.15) is 31.7 Å². The van der Waals surface area contributed by atoms with Crippen molar-refractivity contribution >= 4 is 5.69 Å². The molecule has 0 heterocycles. The summed E-state index contributed by atoms with van der Waals surface area (Å²) in [4.78, 5) is 10.3. The molecule has 0 saturated carbocycles. The van der Waals surface area contributed by atoms with E-state index in [-0.39, 0.29) is 11.6 Å². The third kappa shape index (κ3) is 3.69. The van der Waals surface area contributed by atoms with Crippen LogP contribution in [0.15, 0.2) is 18.2 Å². The van der Waals surface area contributed by atoms with E-state index in [1.165, 1.54) is 12.1 Å². The Morgan fingerprint density at radius 3 is 2.71 bits per heavy atom. The van der Waals surface area contributed by atoms with E-state index in [1.807, 2.05) is 6.92 Å². The Bertz CT molecular complexity index is 395. The van der Waals surface area contributed by atoms with Crippen molar-refractivity contribution in [1.82, 2.24) is 0 Å². The lowest BCUT2D eigenvalue weighted by atomic mass is 10.0. The van der Waals surface area contributed by atoms with Crippen LogP contribution in [0.3, 0.4) is 0 Å².